The Kier molecular flexibility index (Phi) is 3.64. The summed E-state index contributed by atoms with van der Waals surface area (Å²) in [5.74, 6) is 0.560. The van der Waals surface area contributed by atoms with E-state index in [1.54, 1.807) is 0 Å². The van der Waals surface area contributed by atoms with Gasteiger partial charge in [0.15, 0.2) is 0 Å². The SMILES string of the molecule is FC(F)(F)c1ccc(-c2nc(C3CNCCO3)no2)cc1. The third-order valence-corrected chi connectivity index (χ3v) is 3.12. The zero-order valence-corrected chi connectivity index (χ0v) is 10.9. The number of rotatable bonds is 2. The third-order valence-electron chi connectivity index (χ3n) is 3.12. The Hall–Kier alpha value is -1.93. The number of benzene rings is 1. The van der Waals surface area contributed by atoms with Crippen LogP contribution in [0.15, 0.2) is 28.8 Å². The highest BCUT2D eigenvalue weighted by Crippen LogP contribution is 2.30. The van der Waals surface area contributed by atoms with Gasteiger partial charge >= 0.3 is 6.18 Å². The normalized spacial score (nSPS) is 19.7. The van der Waals surface area contributed by atoms with E-state index in [0.29, 0.717) is 24.5 Å². The van der Waals surface area contributed by atoms with Gasteiger partial charge in [0.05, 0.1) is 12.2 Å². The Bertz CT molecular complexity index is 604. The maximum absolute atomic E-state index is 12.5. The van der Waals surface area contributed by atoms with E-state index in [9.17, 15) is 13.2 Å². The van der Waals surface area contributed by atoms with Gasteiger partial charge in [0.1, 0.15) is 6.10 Å². The second-order valence-electron chi connectivity index (χ2n) is 4.60. The summed E-state index contributed by atoms with van der Waals surface area (Å²) in [7, 11) is 0. The van der Waals surface area contributed by atoms with Gasteiger partial charge in [-0.1, -0.05) is 5.16 Å². The fourth-order valence-corrected chi connectivity index (χ4v) is 2.02. The lowest BCUT2D eigenvalue weighted by Crippen LogP contribution is -2.33. The Morgan fingerprint density at radius 3 is 2.57 bits per heavy atom. The van der Waals surface area contributed by atoms with Crippen LogP contribution in [0.25, 0.3) is 11.5 Å². The zero-order valence-electron chi connectivity index (χ0n) is 10.9. The number of nitrogens with zero attached hydrogens (tertiary/aromatic N) is 2. The van der Waals surface area contributed by atoms with Crippen molar-refractivity contribution in [1.82, 2.24) is 15.5 Å². The number of nitrogens with one attached hydrogen (secondary N) is 1. The molecule has 5 nitrogen and oxygen atoms in total. The quantitative estimate of drug-likeness (QED) is 0.923. The van der Waals surface area contributed by atoms with E-state index in [0.717, 1.165) is 18.7 Å². The highest BCUT2D eigenvalue weighted by Gasteiger charge is 2.30. The average Bonchev–Trinajstić information content (AvgIpc) is 2.97. The number of alkyl halides is 3. The molecular weight excluding hydrogens is 287 g/mol. The molecule has 1 aromatic carbocycles. The Morgan fingerprint density at radius 2 is 1.95 bits per heavy atom. The molecule has 1 saturated heterocycles. The summed E-state index contributed by atoms with van der Waals surface area (Å²) >= 11 is 0. The predicted molar refractivity (Wildman–Crippen MR) is 66.3 cm³/mol. The number of morpholine rings is 1. The molecule has 0 aliphatic carbocycles. The first-order chi connectivity index (χ1) is 10.0. The Morgan fingerprint density at radius 1 is 1.19 bits per heavy atom. The summed E-state index contributed by atoms with van der Waals surface area (Å²) in [6, 6.07) is 4.58. The van der Waals surface area contributed by atoms with Crippen molar-refractivity contribution >= 4 is 0 Å². The van der Waals surface area contributed by atoms with Crippen molar-refractivity contribution in [3.8, 4) is 11.5 Å². The van der Waals surface area contributed by atoms with Gasteiger partial charge in [0.25, 0.3) is 5.89 Å². The van der Waals surface area contributed by atoms with Crippen LogP contribution in [0.3, 0.4) is 0 Å². The van der Waals surface area contributed by atoms with Crippen molar-refractivity contribution in [1.29, 1.82) is 0 Å². The molecular formula is C13H12F3N3O2. The molecule has 0 amide bonds. The average molecular weight is 299 g/mol. The maximum Gasteiger partial charge on any atom is 0.416 e. The second kappa shape index (κ2) is 5.45. The second-order valence-corrected chi connectivity index (χ2v) is 4.60. The maximum atomic E-state index is 12.5. The van der Waals surface area contributed by atoms with Crippen molar-refractivity contribution in [2.24, 2.45) is 0 Å². The van der Waals surface area contributed by atoms with Crippen molar-refractivity contribution in [2.75, 3.05) is 19.7 Å². The molecule has 2 aromatic rings. The molecule has 0 bridgehead atoms. The molecule has 0 saturated carbocycles. The summed E-state index contributed by atoms with van der Waals surface area (Å²) < 4.78 is 48.0. The monoisotopic (exact) mass is 299 g/mol. The summed E-state index contributed by atoms with van der Waals surface area (Å²) in [5.41, 5.74) is -0.281. The Balaban J connectivity index is 1.79. The number of hydrogen-bond donors (Lipinski definition) is 1. The van der Waals surface area contributed by atoms with Crippen molar-refractivity contribution in [3.05, 3.63) is 35.7 Å². The highest BCUT2D eigenvalue weighted by atomic mass is 19.4. The van der Waals surface area contributed by atoms with Crippen LogP contribution in [0.2, 0.25) is 0 Å². The molecule has 1 aliphatic rings. The van der Waals surface area contributed by atoms with E-state index in [4.69, 9.17) is 9.26 Å². The van der Waals surface area contributed by atoms with Gasteiger partial charge in [-0.05, 0) is 24.3 Å². The fraction of sp³-hybridized carbons (Fsp3) is 0.385. The third kappa shape index (κ3) is 3.06. The van der Waals surface area contributed by atoms with E-state index in [-0.39, 0.29) is 12.0 Å². The molecule has 1 N–H and O–H groups in total. The van der Waals surface area contributed by atoms with E-state index in [1.165, 1.54) is 12.1 Å². The van der Waals surface area contributed by atoms with Crippen molar-refractivity contribution in [3.63, 3.8) is 0 Å². The summed E-state index contributed by atoms with van der Waals surface area (Å²) in [6.07, 6.45) is -4.66. The van der Waals surface area contributed by atoms with Gasteiger partial charge in [0.2, 0.25) is 5.82 Å². The van der Waals surface area contributed by atoms with Crippen molar-refractivity contribution < 1.29 is 22.4 Å². The van der Waals surface area contributed by atoms with Crippen LogP contribution in [0.5, 0.6) is 0 Å². The van der Waals surface area contributed by atoms with Crippen LogP contribution in [0, 0.1) is 0 Å². The van der Waals surface area contributed by atoms with Crippen LogP contribution >= 0.6 is 0 Å². The van der Waals surface area contributed by atoms with Crippen LogP contribution < -0.4 is 5.32 Å². The molecule has 2 heterocycles. The lowest BCUT2D eigenvalue weighted by molar-refractivity contribution is -0.137. The standard InChI is InChI=1S/C13H12F3N3O2/c14-13(15,16)9-3-1-8(2-4-9)12-18-11(19-21-12)10-7-17-5-6-20-10/h1-4,10,17H,5-7H2. The van der Waals surface area contributed by atoms with Gasteiger partial charge in [-0.25, -0.2) is 0 Å². The molecule has 1 atom stereocenters. The molecule has 1 fully saturated rings. The van der Waals surface area contributed by atoms with Crippen LogP contribution in [0.1, 0.15) is 17.5 Å². The number of halogens is 3. The molecule has 1 unspecified atom stereocenters. The summed E-state index contributed by atoms with van der Waals surface area (Å²) in [6.45, 7) is 1.89. The van der Waals surface area contributed by atoms with Crippen LogP contribution in [-0.4, -0.2) is 29.8 Å². The molecule has 0 spiro atoms. The van der Waals surface area contributed by atoms with E-state index in [2.05, 4.69) is 15.5 Å². The minimum atomic E-state index is -4.36. The largest absolute Gasteiger partial charge is 0.416 e. The first kappa shape index (κ1) is 14.0. The smallest absolute Gasteiger partial charge is 0.367 e. The molecule has 3 rings (SSSR count). The summed E-state index contributed by atoms with van der Waals surface area (Å²) in [5, 5.41) is 6.95. The van der Waals surface area contributed by atoms with Gasteiger partial charge < -0.3 is 14.6 Å². The van der Waals surface area contributed by atoms with Crippen LogP contribution in [-0.2, 0) is 10.9 Å². The van der Waals surface area contributed by atoms with Crippen molar-refractivity contribution in [2.45, 2.75) is 12.3 Å². The van der Waals surface area contributed by atoms with E-state index >= 15 is 0 Å². The fourth-order valence-electron chi connectivity index (χ4n) is 2.02. The summed E-state index contributed by atoms with van der Waals surface area (Å²) in [4.78, 5) is 4.17. The lowest BCUT2D eigenvalue weighted by atomic mass is 10.1. The zero-order chi connectivity index (χ0) is 14.9. The molecule has 8 heteroatoms. The van der Waals surface area contributed by atoms with Crippen LogP contribution in [0.4, 0.5) is 13.2 Å². The minimum absolute atomic E-state index is 0.174. The predicted octanol–water partition coefficient (Wildman–Crippen LogP) is 2.42. The molecule has 1 aromatic heterocycles. The molecule has 1 aliphatic heterocycles. The van der Waals surface area contributed by atoms with Gasteiger partial charge in [-0.15, -0.1) is 0 Å². The first-order valence-corrected chi connectivity index (χ1v) is 6.37. The molecule has 112 valence electrons. The van der Waals surface area contributed by atoms with Gasteiger partial charge in [0, 0.05) is 18.7 Å². The van der Waals surface area contributed by atoms with Gasteiger partial charge in [-0.3, -0.25) is 0 Å². The van der Waals surface area contributed by atoms with Gasteiger partial charge in [-0.2, -0.15) is 18.2 Å². The molecule has 0 radical (unpaired) electrons. The number of ether oxygens (including phenoxy) is 1. The minimum Gasteiger partial charge on any atom is -0.367 e. The highest BCUT2D eigenvalue weighted by molar-refractivity contribution is 5.53. The molecule has 21 heavy (non-hydrogen) atoms. The van der Waals surface area contributed by atoms with E-state index < -0.39 is 11.7 Å². The number of aromatic nitrogens is 2. The topological polar surface area (TPSA) is 60.2 Å². The first-order valence-electron chi connectivity index (χ1n) is 6.37. The number of hydrogen-bond acceptors (Lipinski definition) is 5. The van der Waals surface area contributed by atoms with E-state index in [1.807, 2.05) is 0 Å². The lowest BCUT2D eigenvalue weighted by Gasteiger charge is -2.20. The Labute approximate surface area is 118 Å².